The van der Waals surface area contributed by atoms with Gasteiger partial charge in [-0.15, -0.1) is 0 Å². The van der Waals surface area contributed by atoms with Gasteiger partial charge in [0.1, 0.15) is 0 Å². The number of nitrogens with one attached hydrogen (secondary N) is 1. The van der Waals surface area contributed by atoms with Crippen LogP contribution in [0.25, 0.3) is 0 Å². The van der Waals surface area contributed by atoms with Crippen LogP contribution < -0.4 is 11.1 Å². The summed E-state index contributed by atoms with van der Waals surface area (Å²) in [4.78, 5) is 36.2. The Labute approximate surface area is 220 Å². The summed E-state index contributed by atoms with van der Waals surface area (Å²) in [6.45, 7) is 7.08. The van der Waals surface area contributed by atoms with Crippen LogP contribution in [0.15, 0.2) is 66.7 Å². The molecule has 0 saturated heterocycles. The normalized spacial score (nSPS) is 14.8. The van der Waals surface area contributed by atoms with Crippen molar-refractivity contribution in [3.8, 4) is 0 Å². The topological polar surface area (TPSA) is 113 Å². The summed E-state index contributed by atoms with van der Waals surface area (Å²) in [5.74, 6) is -3.00. The second-order valence-electron chi connectivity index (χ2n) is 10.1. The van der Waals surface area contributed by atoms with E-state index in [4.69, 9.17) is 15.6 Å². The van der Waals surface area contributed by atoms with Gasteiger partial charge in [-0.2, -0.15) is 13.2 Å². The van der Waals surface area contributed by atoms with Crippen molar-refractivity contribution in [1.82, 2.24) is 10.2 Å². The van der Waals surface area contributed by atoms with Crippen molar-refractivity contribution in [2.24, 2.45) is 11.1 Å². The maximum absolute atomic E-state index is 12.8. The average molecular weight is 534 g/mol. The summed E-state index contributed by atoms with van der Waals surface area (Å²) < 4.78 is 31.7. The summed E-state index contributed by atoms with van der Waals surface area (Å²) >= 11 is 0. The highest BCUT2D eigenvalue weighted by Gasteiger charge is 2.38. The van der Waals surface area contributed by atoms with Crippen LogP contribution in [-0.2, 0) is 33.9 Å². The van der Waals surface area contributed by atoms with Crippen LogP contribution in [0, 0.1) is 5.41 Å². The van der Waals surface area contributed by atoms with E-state index in [0.717, 1.165) is 6.42 Å². The Morgan fingerprint density at radius 1 is 1.00 bits per heavy atom. The molecule has 2 amide bonds. The predicted octanol–water partition coefficient (Wildman–Crippen LogP) is 4.21. The summed E-state index contributed by atoms with van der Waals surface area (Å²) in [5, 5.41) is 10.2. The van der Waals surface area contributed by atoms with E-state index < -0.39 is 18.2 Å². The quantitative estimate of drug-likeness (QED) is 0.462. The Balaban J connectivity index is 0.000000638. The Morgan fingerprint density at radius 2 is 1.50 bits per heavy atom. The summed E-state index contributed by atoms with van der Waals surface area (Å²) in [7, 11) is 0. The Hall–Kier alpha value is -3.66. The minimum atomic E-state index is -5.08. The third kappa shape index (κ3) is 9.66. The van der Waals surface area contributed by atoms with Crippen LogP contribution in [0.4, 0.5) is 13.2 Å². The average Bonchev–Trinajstić information content (AvgIpc) is 3.29. The number of hydrogen-bond donors (Lipinski definition) is 3. The van der Waals surface area contributed by atoms with E-state index in [1.54, 1.807) is 6.08 Å². The minimum absolute atomic E-state index is 0.0460. The number of nitrogens with zero attached hydrogens (tertiary/aromatic N) is 1. The minimum Gasteiger partial charge on any atom is -0.475 e. The first kappa shape index (κ1) is 30.6. The van der Waals surface area contributed by atoms with E-state index >= 15 is 0 Å². The number of amides is 2. The highest BCUT2D eigenvalue weighted by molar-refractivity contribution is 5.88. The molecule has 4 N–H and O–H groups in total. The van der Waals surface area contributed by atoms with Gasteiger partial charge in [-0.25, -0.2) is 4.79 Å². The number of fused-ring (bicyclic) bond motifs is 1. The number of nitrogens with two attached hydrogens (primary N) is 1. The van der Waals surface area contributed by atoms with Gasteiger partial charge in [0.15, 0.2) is 0 Å². The third-order valence-electron chi connectivity index (χ3n) is 6.00. The third-order valence-corrected chi connectivity index (χ3v) is 6.00. The molecule has 0 aliphatic carbocycles. The lowest BCUT2D eigenvalue weighted by Crippen LogP contribution is -2.51. The van der Waals surface area contributed by atoms with Gasteiger partial charge in [-0.3, -0.25) is 9.59 Å². The number of carboxylic acids is 1. The lowest BCUT2D eigenvalue weighted by molar-refractivity contribution is -0.192. The van der Waals surface area contributed by atoms with Crippen LogP contribution in [0.2, 0.25) is 0 Å². The largest absolute Gasteiger partial charge is 0.490 e. The van der Waals surface area contributed by atoms with E-state index in [9.17, 15) is 22.8 Å². The SMILES string of the molecule is CC(C)(C)[C@H](N)C(=O)N[C@H](/C=C/C(=O)N1Cc2ccccc2C1)CCc1ccccc1.O=C(O)C(F)(F)F. The van der Waals surface area contributed by atoms with Crippen LogP contribution in [0.3, 0.4) is 0 Å². The van der Waals surface area contributed by atoms with E-state index in [-0.39, 0.29) is 23.3 Å². The molecule has 0 aromatic heterocycles. The van der Waals surface area contributed by atoms with Crippen LogP contribution in [0.1, 0.15) is 43.9 Å². The van der Waals surface area contributed by atoms with Crippen molar-refractivity contribution in [2.45, 2.75) is 65.0 Å². The van der Waals surface area contributed by atoms with Crippen molar-refractivity contribution in [3.63, 3.8) is 0 Å². The first-order valence-electron chi connectivity index (χ1n) is 12.1. The maximum atomic E-state index is 12.8. The zero-order valence-electron chi connectivity index (χ0n) is 21.7. The molecule has 0 radical (unpaired) electrons. The highest BCUT2D eigenvalue weighted by Crippen LogP contribution is 2.22. The van der Waals surface area contributed by atoms with Crippen molar-refractivity contribution in [2.75, 3.05) is 0 Å². The molecule has 0 saturated carbocycles. The number of hydrogen-bond acceptors (Lipinski definition) is 4. The molecule has 1 heterocycles. The Morgan fingerprint density at radius 3 is 1.97 bits per heavy atom. The van der Waals surface area contributed by atoms with Gasteiger partial charge < -0.3 is 21.1 Å². The zero-order valence-corrected chi connectivity index (χ0v) is 21.7. The first-order valence-corrected chi connectivity index (χ1v) is 12.1. The lowest BCUT2D eigenvalue weighted by atomic mass is 9.86. The lowest BCUT2D eigenvalue weighted by Gasteiger charge is -2.27. The van der Waals surface area contributed by atoms with E-state index in [1.165, 1.54) is 16.7 Å². The van der Waals surface area contributed by atoms with Crippen molar-refractivity contribution < 1.29 is 32.7 Å². The molecule has 0 fully saturated rings. The number of aliphatic carboxylic acids is 1. The molecular weight excluding hydrogens is 499 g/mol. The maximum Gasteiger partial charge on any atom is 0.490 e. The summed E-state index contributed by atoms with van der Waals surface area (Å²) in [6, 6.07) is 17.3. The van der Waals surface area contributed by atoms with E-state index in [1.807, 2.05) is 62.1 Å². The number of carbonyl (C=O) groups excluding carboxylic acids is 2. The molecular formula is C28H34F3N3O4. The fraction of sp³-hybridized carbons (Fsp3) is 0.393. The van der Waals surface area contributed by atoms with Gasteiger partial charge in [0.25, 0.3) is 0 Å². The zero-order chi connectivity index (χ0) is 28.5. The number of aryl methyl sites for hydroxylation is 1. The fourth-order valence-electron chi connectivity index (χ4n) is 3.64. The van der Waals surface area contributed by atoms with Crippen LogP contribution in [0.5, 0.6) is 0 Å². The van der Waals surface area contributed by atoms with E-state index in [2.05, 4.69) is 29.6 Å². The number of halogens is 3. The van der Waals surface area contributed by atoms with Gasteiger partial charge in [0, 0.05) is 25.2 Å². The van der Waals surface area contributed by atoms with E-state index in [0.29, 0.717) is 19.5 Å². The van der Waals surface area contributed by atoms with Gasteiger partial charge >= 0.3 is 12.1 Å². The molecule has 206 valence electrons. The number of benzene rings is 2. The molecule has 0 unspecified atom stereocenters. The molecule has 2 aromatic rings. The van der Waals surface area contributed by atoms with Crippen LogP contribution >= 0.6 is 0 Å². The molecule has 7 nitrogen and oxygen atoms in total. The Kier molecular flexibility index (Phi) is 10.6. The monoisotopic (exact) mass is 533 g/mol. The van der Waals surface area contributed by atoms with Crippen molar-refractivity contribution in [1.29, 1.82) is 0 Å². The standard InChI is InChI=1S/C26H33N3O2.C2HF3O2/c1-26(2,3)24(27)25(31)28-22(14-13-19-9-5-4-6-10-19)15-16-23(30)29-17-20-11-7-8-12-21(20)18-29;3-2(4,5)1(6)7/h4-12,15-16,22,24H,13-14,17-18,27H2,1-3H3,(H,28,31);(H,6,7)/b16-15+;/t22-,24+;/m0./s1. The molecule has 3 rings (SSSR count). The second-order valence-corrected chi connectivity index (χ2v) is 10.1. The molecule has 1 aliphatic heterocycles. The highest BCUT2D eigenvalue weighted by atomic mass is 19.4. The molecule has 38 heavy (non-hydrogen) atoms. The molecule has 0 spiro atoms. The van der Waals surface area contributed by atoms with Crippen LogP contribution in [-0.4, -0.2) is 46.1 Å². The predicted molar refractivity (Wildman–Crippen MR) is 138 cm³/mol. The fourth-order valence-corrected chi connectivity index (χ4v) is 3.64. The smallest absolute Gasteiger partial charge is 0.475 e. The molecule has 2 aromatic carbocycles. The van der Waals surface area contributed by atoms with Gasteiger partial charge in [-0.05, 0) is 34.9 Å². The second kappa shape index (κ2) is 13.2. The molecule has 1 aliphatic rings. The van der Waals surface area contributed by atoms with Crippen molar-refractivity contribution >= 4 is 17.8 Å². The van der Waals surface area contributed by atoms with Gasteiger partial charge in [0.05, 0.1) is 6.04 Å². The summed E-state index contributed by atoms with van der Waals surface area (Å²) in [6.07, 6.45) is -0.202. The van der Waals surface area contributed by atoms with Gasteiger partial charge in [0.2, 0.25) is 11.8 Å². The molecule has 2 atom stereocenters. The molecule has 10 heteroatoms. The first-order chi connectivity index (χ1) is 17.7. The number of alkyl halides is 3. The number of rotatable bonds is 7. The Bertz CT molecular complexity index is 1100. The molecule has 0 bridgehead atoms. The summed E-state index contributed by atoms with van der Waals surface area (Å²) in [5.41, 5.74) is 9.37. The van der Waals surface area contributed by atoms with Gasteiger partial charge in [-0.1, -0.05) is 81.4 Å². The van der Waals surface area contributed by atoms with Crippen molar-refractivity contribution in [3.05, 3.63) is 83.4 Å². The number of carboxylic acid groups (broad SMARTS) is 1. The number of carbonyl (C=O) groups is 3.